The Labute approximate surface area is 172 Å². The average molecular weight is 392 g/mol. The summed E-state index contributed by atoms with van der Waals surface area (Å²) in [4.78, 5) is 26.8. The lowest BCUT2D eigenvalue weighted by molar-refractivity contribution is 0.0633. The first-order valence-electron chi connectivity index (χ1n) is 10.5. The minimum Gasteiger partial charge on any atom is -0.493 e. The molecule has 2 aromatic carbocycles. The van der Waals surface area contributed by atoms with E-state index in [1.807, 2.05) is 60.4 Å². The van der Waals surface area contributed by atoms with Crippen molar-refractivity contribution in [1.29, 1.82) is 0 Å². The third-order valence-electron chi connectivity index (χ3n) is 5.59. The molecule has 0 aromatic heterocycles. The van der Waals surface area contributed by atoms with E-state index in [0.717, 1.165) is 49.1 Å². The van der Waals surface area contributed by atoms with Crippen LogP contribution in [0.3, 0.4) is 0 Å². The predicted octanol–water partition coefficient (Wildman–Crippen LogP) is 3.82. The topological polar surface area (TPSA) is 58.6 Å². The first kappa shape index (κ1) is 19.5. The van der Waals surface area contributed by atoms with Gasteiger partial charge in [0.15, 0.2) is 0 Å². The Morgan fingerprint density at radius 2 is 1.86 bits per heavy atom. The van der Waals surface area contributed by atoms with Gasteiger partial charge in [0.1, 0.15) is 5.75 Å². The van der Waals surface area contributed by atoms with E-state index in [4.69, 9.17) is 4.74 Å². The summed E-state index contributed by atoms with van der Waals surface area (Å²) in [6, 6.07) is 15.4. The summed E-state index contributed by atoms with van der Waals surface area (Å²) in [6.07, 6.45) is 4.21. The van der Waals surface area contributed by atoms with Crippen LogP contribution >= 0.6 is 0 Å². The number of ether oxygens (including phenoxy) is 1. The molecular formula is C24H28N2O3. The molecule has 4 rings (SSSR count). The molecule has 0 unspecified atom stereocenters. The molecule has 1 saturated carbocycles. The van der Waals surface area contributed by atoms with Gasteiger partial charge in [-0.2, -0.15) is 0 Å². The van der Waals surface area contributed by atoms with Crippen LogP contribution in [-0.2, 0) is 0 Å². The lowest BCUT2D eigenvalue weighted by Gasteiger charge is -2.32. The quantitative estimate of drug-likeness (QED) is 0.813. The number of carbonyl (C=O) groups excluding carboxylic acids is 2. The molecule has 2 amide bonds. The van der Waals surface area contributed by atoms with Gasteiger partial charge in [-0.3, -0.25) is 9.59 Å². The van der Waals surface area contributed by atoms with E-state index in [2.05, 4.69) is 5.32 Å². The second-order valence-electron chi connectivity index (χ2n) is 8.21. The molecule has 1 aliphatic heterocycles. The van der Waals surface area contributed by atoms with Crippen LogP contribution in [0, 0.1) is 12.8 Å². The van der Waals surface area contributed by atoms with Crippen molar-refractivity contribution in [2.24, 2.45) is 5.92 Å². The molecule has 1 atom stereocenters. The number of rotatable bonds is 6. The number of hydrogen-bond acceptors (Lipinski definition) is 3. The van der Waals surface area contributed by atoms with Crippen molar-refractivity contribution in [3.8, 4) is 5.75 Å². The van der Waals surface area contributed by atoms with Gasteiger partial charge >= 0.3 is 0 Å². The summed E-state index contributed by atoms with van der Waals surface area (Å²) >= 11 is 0. The zero-order chi connectivity index (χ0) is 20.2. The lowest BCUT2D eigenvalue weighted by atomic mass is 9.98. The third kappa shape index (κ3) is 5.17. The highest BCUT2D eigenvalue weighted by Gasteiger charge is 2.25. The number of amides is 2. The second-order valence-corrected chi connectivity index (χ2v) is 8.21. The minimum atomic E-state index is -0.0170. The van der Waals surface area contributed by atoms with Crippen molar-refractivity contribution < 1.29 is 14.3 Å². The van der Waals surface area contributed by atoms with Crippen LogP contribution < -0.4 is 10.1 Å². The second kappa shape index (κ2) is 8.68. The first-order chi connectivity index (χ1) is 14.1. The molecule has 29 heavy (non-hydrogen) atoms. The number of benzene rings is 2. The number of hydrogen-bond donors (Lipinski definition) is 1. The Morgan fingerprint density at radius 3 is 2.59 bits per heavy atom. The number of likely N-dealkylation sites (tertiary alicyclic amines) is 1. The maximum Gasteiger partial charge on any atom is 0.253 e. The summed E-state index contributed by atoms with van der Waals surface area (Å²) in [6.45, 7) is 4.10. The van der Waals surface area contributed by atoms with E-state index in [0.29, 0.717) is 30.7 Å². The molecule has 152 valence electrons. The van der Waals surface area contributed by atoms with Gasteiger partial charge in [-0.25, -0.2) is 0 Å². The fraction of sp³-hybridized carbons (Fsp3) is 0.417. The first-order valence-corrected chi connectivity index (χ1v) is 10.5. The molecule has 1 aliphatic carbocycles. The standard InChI is InChI=1S/C24H28N2O3/c1-17-4-2-6-20(14-17)24(28)26-13-3-5-18(15-26)16-29-22-11-7-19(8-12-22)23(27)25-21-9-10-21/h2,4,6-8,11-12,14,18,21H,3,5,9-10,13,15-16H2,1H3,(H,25,27)/t18-/m0/s1. The summed E-state index contributed by atoms with van der Waals surface area (Å²) < 4.78 is 5.96. The molecule has 0 bridgehead atoms. The molecule has 2 aromatic rings. The van der Waals surface area contributed by atoms with Crippen molar-refractivity contribution >= 4 is 11.8 Å². The maximum atomic E-state index is 12.8. The number of nitrogens with zero attached hydrogens (tertiary/aromatic N) is 1. The summed E-state index contributed by atoms with van der Waals surface area (Å²) in [7, 11) is 0. The Hall–Kier alpha value is -2.82. The molecule has 2 fully saturated rings. The van der Waals surface area contributed by atoms with E-state index >= 15 is 0 Å². The van der Waals surface area contributed by atoms with Crippen LogP contribution in [0.25, 0.3) is 0 Å². The molecule has 5 heteroatoms. The summed E-state index contributed by atoms with van der Waals surface area (Å²) in [5, 5.41) is 2.99. The fourth-order valence-electron chi connectivity index (χ4n) is 3.76. The smallest absolute Gasteiger partial charge is 0.253 e. The van der Waals surface area contributed by atoms with Crippen LogP contribution in [-0.4, -0.2) is 42.5 Å². The van der Waals surface area contributed by atoms with Crippen molar-refractivity contribution in [2.45, 2.75) is 38.6 Å². The molecule has 2 aliphatic rings. The van der Waals surface area contributed by atoms with Gasteiger partial charge in [-0.15, -0.1) is 0 Å². The number of aryl methyl sites for hydroxylation is 1. The number of piperidine rings is 1. The van der Waals surface area contributed by atoms with Gasteiger partial charge in [0.2, 0.25) is 0 Å². The van der Waals surface area contributed by atoms with Gasteiger partial charge in [-0.05, 0) is 69.0 Å². The SMILES string of the molecule is Cc1cccc(C(=O)N2CCC[C@H](COc3ccc(C(=O)NC4CC4)cc3)C2)c1. The van der Waals surface area contributed by atoms with Crippen LogP contribution in [0.5, 0.6) is 5.75 Å². The Bertz CT molecular complexity index is 874. The molecule has 0 radical (unpaired) electrons. The zero-order valence-electron chi connectivity index (χ0n) is 16.9. The molecular weight excluding hydrogens is 364 g/mol. The van der Waals surface area contributed by atoms with Crippen molar-refractivity contribution in [3.63, 3.8) is 0 Å². The van der Waals surface area contributed by atoms with Crippen molar-refractivity contribution in [3.05, 3.63) is 65.2 Å². The molecule has 1 N–H and O–H groups in total. The molecule has 0 spiro atoms. The lowest BCUT2D eigenvalue weighted by Crippen LogP contribution is -2.41. The molecule has 5 nitrogen and oxygen atoms in total. The van der Waals surface area contributed by atoms with Crippen LogP contribution in [0.2, 0.25) is 0 Å². The van der Waals surface area contributed by atoms with Gasteiger partial charge in [0.05, 0.1) is 6.61 Å². The molecule has 1 heterocycles. The van der Waals surface area contributed by atoms with E-state index in [9.17, 15) is 9.59 Å². The van der Waals surface area contributed by atoms with E-state index in [1.54, 1.807) is 0 Å². The van der Waals surface area contributed by atoms with Gasteiger partial charge in [0.25, 0.3) is 11.8 Å². The fourth-order valence-corrected chi connectivity index (χ4v) is 3.76. The van der Waals surface area contributed by atoms with E-state index in [1.165, 1.54) is 0 Å². The normalized spacial score (nSPS) is 18.9. The Morgan fingerprint density at radius 1 is 1.07 bits per heavy atom. The average Bonchev–Trinajstić information content (AvgIpc) is 3.56. The number of carbonyl (C=O) groups is 2. The van der Waals surface area contributed by atoms with Crippen LogP contribution in [0.4, 0.5) is 0 Å². The largest absolute Gasteiger partial charge is 0.493 e. The van der Waals surface area contributed by atoms with Gasteiger partial charge in [0, 0.05) is 36.2 Å². The third-order valence-corrected chi connectivity index (χ3v) is 5.59. The highest BCUT2D eigenvalue weighted by Crippen LogP contribution is 2.22. The van der Waals surface area contributed by atoms with E-state index in [-0.39, 0.29) is 11.8 Å². The van der Waals surface area contributed by atoms with Gasteiger partial charge in [-0.1, -0.05) is 17.7 Å². The Kier molecular flexibility index (Phi) is 5.84. The van der Waals surface area contributed by atoms with E-state index < -0.39 is 0 Å². The Balaban J connectivity index is 1.29. The van der Waals surface area contributed by atoms with Crippen molar-refractivity contribution in [2.75, 3.05) is 19.7 Å². The monoisotopic (exact) mass is 392 g/mol. The summed E-state index contributed by atoms with van der Waals surface area (Å²) in [5.41, 5.74) is 2.52. The van der Waals surface area contributed by atoms with Crippen molar-refractivity contribution in [1.82, 2.24) is 10.2 Å². The predicted molar refractivity (Wildman–Crippen MR) is 112 cm³/mol. The summed E-state index contributed by atoms with van der Waals surface area (Å²) in [5.74, 6) is 1.16. The molecule has 1 saturated heterocycles. The highest BCUT2D eigenvalue weighted by atomic mass is 16.5. The maximum absolute atomic E-state index is 12.8. The van der Waals surface area contributed by atoms with Crippen LogP contribution in [0.15, 0.2) is 48.5 Å². The zero-order valence-corrected chi connectivity index (χ0v) is 16.9. The highest BCUT2D eigenvalue weighted by molar-refractivity contribution is 5.95. The van der Waals surface area contributed by atoms with Gasteiger partial charge < -0.3 is 15.0 Å². The minimum absolute atomic E-state index is 0.0170. The number of nitrogens with one attached hydrogen (secondary N) is 1. The van der Waals surface area contributed by atoms with Crippen LogP contribution in [0.1, 0.15) is 52.0 Å².